The maximum Gasteiger partial charge on any atom is 0.219 e. The zero-order valence-electron chi connectivity index (χ0n) is 36.0. The van der Waals surface area contributed by atoms with Crippen molar-refractivity contribution in [1.29, 1.82) is 0 Å². The van der Waals surface area contributed by atoms with E-state index >= 15 is 0 Å². The van der Waals surface area contributed by atoms with E-state index in [9.17, 15) is 8.78 Å². The van der Waals surface area contributed by atoms with Crippen LogP contribution < -0.4 is 20.5 Å². The van der Waals surface area contributed by atoms with Gasteiger partial charge in [-0.15, -0.1) is 0 Å². The van der Waals surface area contributed by atoms with Crippen molar-refractivity contribution in [2.24, 2.45) is 0 Å². The number of piperidine rings is 2. The van der Waals surface area contributed by atoms with Crippen LogP contribution >= 0.6 is 0 Å². The van der Waals surface area contributed by atoms with E-state index in [2.05, 4.69) is 40.1 Å². The Morgan fingerprint density at radius 1 is 0.576 bits per heavy atom. The second kappa shape index (κ2) is 19.2. The number of likely N-dealkylation sites (tertiary alicyclic amines) is 1. The van der Waals surface area contributed by atoms with Crippen molar-refractivity contribution in [3.8, 4) is 45.9 Å². The number of nitrogens with zero attached hydrogens (tertiary/aromatic N) is 9. The van der Waals surface area contributed by atoms with Gasteiger partial charge in [0.1, 0.15) is 46.7 Å². The number of fused-ring (bicyclic) bond motifs is 2. The van der Waals surface area contributed by atoms with Crippen molar-refractivity contribution in [1.82, 2.24) is 49.3 Å². The highest BCUT2D eigenvalue weighted by Gasteiger charge is 2.22. The van der Waals surface area contributed by atoms with Gasteiger partial charge >= 0.3 is 0 Å². The molecule has 7 heterocycles. The van der Waals surface area contributed by atoms with Crippen LogP contribution in [0.1, 0.15) is 31.2 Å². The van der Waals surface area contributed by atoms with E-state index in [4.69, 9.17) is 15.2 Å². The fourth-order valence-corrected chi connectivity index (χ4v) is 8.50. The second-order valence-electron chi connectivity index (χ2n) is 16.3. The Labute approximate surface area is 380 Å². The van der Waals surface area contributed by atoms with Crippen LogP contribution in [0.2, 0.25) is 0 Å². The van der Waals surface area contributed by atoms with Crippen molar-refractivity contribution in [3.05, 3.63) is 163 Å². The van der Waals surface area contributed by atoms with E-state index in [1.165, 1.54) is 24.3 Å². The second-order valence-corrected chi connectivity index (χ2v) is 16.3. The Morgan fingerprint density at radius 3 is 1.53 bits per heavy atom. The third-order valence-electron chi connectivity index (χ3n) is 11.8. The average molecular weight is 884 g/mol. The van der Waals surface area contributed by atoms with Gasteiger partial charge in [-0.3, -0.25) is 24.0 Å². The van der Waals surface area contributed by atoms with E-state index in [0.717, 1.165) is 109 Å². The fraction of sp³-hybridized carbons (Fsp3) is 0.216. The first-order chi connectivity index (χ1) is 32.4. The molecule has 3 N–H and O–H groups in total. The summed E-state index contributed by atoms with van der Waals surface area (Å²) in [7, 11) is 0. The summed E-state index contributed by atoms with van der Waals surface area (Å²) >= 11 is 0. The smallest absolute Gasteiger partial charge is 0.219 e. The minimum absolute atomic E-state index is 0.158. The van der Waals surface area contributed by atoms with Crippen LogP contribution in [-0.2, 0) is 6.54 Å². The van der Waals surface area contributed by atoms with Crippen LogP contribution in [-0.4, -0.2) is 82.3 Å². The van der Waals surface area contributed by atoms with Gasteiger partial charge in [0, 0.05) is 73.5 Å². The molecule has 2 fully saturated rings. The van der Waals surface area contributed by atoms with Gasteiger partial charge in [0.05, 0.1) is 22.1 Å². The molecule has 0 aliphatic carbocycles. The molecular formula is C51H47F2N11O2. The third kappa shape index (κ3) is 9.58. The number of nitrogen functional groups attached to an aromatic ring is 1. The zero-order valence-corrected chi connectivity index (χ0v) is 36.0. The van der Waals surface area contributed by atoms with E-state index in [1.54, 1.807) is 36.9 Å². The molecule has 2 aliphatic heterocycles. The molecule has 332 valence electrons. The summed E-state index contributed by atoms with van der Waals surface area (Å²) in [6, 6.07) is 36.6. The van der Waals surface area contributed by atoms with Crippen molar-refractivity contribution in [2.75, 3.05) is 31.9 Å². The van der Waals surface area contributed by atoms with Crippen molar-refractivity contribution < 1.29 is 18.3 Å². The molecule has 11 rings (SSSR count). The van der Waals surface area contributed by atoms with Gasteiger partial charge < -0.3 is 20.5 Å². The maximum atomic E-state index is 13.9. The molecule has 0 atom stereocenters. The number of ether oxygens (including phenoxy) is 2. The van der Waals surface area contributed by atoms with Crippen molar-refractivity contribution >= 4 is 28.0 Å². The molecule has 66 heavy (non-hydrogen) atoms. The Kier molecular flexibility index (Phi) is 12.3. The predicted octanol–water partition coefficient (Wildman–Crippen LogP) is 9.00. The number of hydrogen-bond donors (Lipinski definition) is 2. The molecule has 0 saturated carbocycles. The molecule has 0 amide bonds. The number of hydrogen-bond acceptors (Lipinski definition) is 11. The molecule has 9 aromatic rings. The standard InChI is InChI=1S/C28H26FN7O.C23H21FN4O/c29-20-4-9-26-25(15-20)34-27(24-3-1-2-12-31-24)36(26)21-5-7-22(8-6-21)37-23-10-13-35(14-11-23)18-19-16-32-28(30)33-17-19;24-16-4-9-22-21(15-16)27-23(20-3-1-2-12-26-20)28(22)17-5-7-18(8-6-17)29-19-10-13-25-14-11-19/h1-9,12,15-17,23H,10-11,13-14,18H2,(H2,30,32,33);1-9,12,15,19,25H,10-11,13-14H2. The van der Waals surface area contributed by atoms with Gasteiger partial charge in [-0.25, -0.2) is 28.7 Å². The molecule has 5 aromatic heterocycles. The Morgan fingerprint density at radius 2 is 1.06 bits per heavy atom. The van der Waals surface area contributed by atoms with Crippen molar-refractivity contribution in [3.63, 3.8) is 0 Å². The predicted molar refractivity (Wildman–Crippen MR) is 250 cm³/mol. The lowest BCUT2D eigenvalue weighted by Gasteiger charge is -2.32. The molecule has 0 bridgehead atoms. The van der Waals surface area contributed by atoms with Crippen LogP contribution in [0.25, 0.3) is 56.5 Å². The molecule has 0 unspecified atom stereocenters. The highest BCUT2D eigenvalue weighted by Crippen LogP contribution is 2.32. The van der Waals surface area contributed by atoms with Gasteiger partial charge in [-0.1, -0.05) is 12.1 Å². The number of nitrogens with one attached hydrogen (secondary N) is 1. The van der Waals surface area contributed by atoms with Crippen molar-refractivity contribution in [2.45, 2.75) is 44.4 Å². The first-order valence-corrected chi connectivity index (χ1v) is 22.1. The number of anilines is 1. The molecule has 4 aromatic carbocycles. The Balaban J connectivity index is 0.000000160. The first kappa shape index (κ1) is 42.3. The third-order valence-corrected chi connectivity index (χ3v) is 11.8. The van der Waals surface area contributed by atoms with Gasteiger partial charge in [-0.05, 0) is 136 Å². The number of nitrogens with two attached hydrogens (primary N) is 1. The van der Waals surface area contributed by atoms with Gasteiger partial charge in [0.25, 0.3) is 0 Å². The van der Waals surface area contributed by atoms with E-state index < -0.39 is 0 Å². The van der Waals surface area contributed by atoms with Crippen LogP contribution in [0.4, 0.5) is 14.7 Å². The van der Waals surface area contributed by atoms with E-state index in [-0.39, 0.29) is 23.8 Å². The molecule has 0 radical (unpaired) electrons. The highest BCUT2D eigenvalue weighted by molar-refractivity contribution is 5.84. The summed E-state index contributed by atoms with van der Waals surface area (Å²) in [4.78, 5) is 28.8. The number of halogens is 2. The lowest BCUT2D eigenvalue weighted by Crippen LogP contribution is -2.37. The van der Waals surface area contributed by atoms with Crippen LogP contribution in [0.3, 0.4) is 0 Å². The van der Waals surface area contributed by atoms with Gasteiger partial charge in [-0.2, -0.15) is 0 Å². The summed E-state index contributed by atoms with van der Waals surface area (Å²) in [5.74, 6) is 2.69. The SMILES string of the molecule is Fc1ccc2c(c1)nc(-c1ccccn1)n2-c1ccc(OC2CCNCC2)cc1.Nc1ncc(CN2CCC(Oc3ccc(-n4c(-c5ccccn5)nc5cc(F)ccc54)cc3)CC2)cn1. The summed E-state index contributed by atoms with van der Waals surface area (Å²) < 4.78 is 44.1. The summed E-state index contributed by atoms with van der Waals surface area (Å²) in [5, 5.41) is 3.35. The molecule has 2 saturated heterocycles. The molecule has 0 spiro atoms. The van der Waals surface area contributed by atoms with Gasteiger partial charge in [0.15, 0.2) is 11.6 Å². The summed E-state index contributed by atoms with van der Waals surface area (Å²) in [6.07, 6.45) is 11.4. The van der Waals surface area contributed by atoms with E-state index in [0.29, 0.717) is 28.6 Å². The average Bonchev–Trinajstić information content (AvgIpc) is 3.93. The first-order valence-electron chi connectivity index (χ1n) is 22.1. The zero-order chi connectivity index (χ0) is 44.8. The number of imidazole rings is 2. The molecule has 15 heteroatoms. The lowest BCUT2D eigenvalue weighted by molar-refractivity contribution is 0.0967. The maximum absolute atomic E-state index is 13.9. The monoisotopic (exact) mass is 883 g/mol. The Hall–Kier alpha value is -7.62. The minimum Gasteiger partial charge on any atom is -0.490 e. The highest BCUT2D eigenvalue weighted by atomic mass is 19.1. The summed E-state index contributed by atoms with van der Waals surface area (Å²) in [5.41, 5.74) is 12.8. The normalized spacial score (nSPS) is 14.8. The molecular weight excluding hydrogens is 837 g/mol. The Bertz CT molecular complexity index is 3030. The largest absolute Gasteiger partial charge is 0.490 e. The molecule has 2 aliphatic rings. The summed E-state index contributed by atoms with van der Waals surface area (Å²) in [6.45, 7) is 4.68. The fourth-order valence-electron chi connectivity index (χ4n) is 8.50. The molecule has 13 nitrogen and oxygen atoms in total. The van der Waals surface area contributed by atoms with Crippen LogP contribution in [0.15, 0.2) is 146 Å². The lowest BCUT2D eigenvalue weighted by atomic mass is 10.1. The minimum atomic E-state index is -0.318. The van der Waals surface area contributed by atoms with Gasteiger partial charge in [0.2, 0.25) is 5.95 Å². The topological polar surface area (TPSA) is 147 Å². The number of rotatable bonds is 10. The number of aromatic nitrogens is 8. The number of benzene rings is 4. The van der Waals surface area contributed by atoms with Crippen LogP contribution in [0.5, 0.6) is 11.5 Å². The van der Waals surface area contributed by atoms with E-state index in [1.807, 2.05) is 94.1 Å². The quantitative estimate of drug-likeness (QED) is 0.136. The van der Waals surface area contributed by atoms with Crippen LogP contribution in [0, 0.1) is 11.6 Å². The number of pyridine rings is 2.